The first kappa shape index (κ1) is 9.38. The van der Waals surface area contributed by atoms with Crippen LogP contribution in [0.4, 0.5) is 13.2 Å². The predicted molar refractivity (Wildman–Crippen MR) is 40.5 cm³/mol. The lowest BCUT2D eigenvalue weighted by Crippen LogP contribution is -2.12. The standard InChI is InChI=1S/C7H7F3OS/c8-7(9,10)3-4-11-6-2-1-5-12-6/h1-2,5H,3-4H2. The molecule has 0 saturated carbocycles. The van der Waals surface area contributed by atoms with E-state index in [-0.39, 0.29) is 6.61 Å². The molecule has 0 aromatic carbocycles. The Morgan fingerprint density at radius 2 is 2.17 bits per heavy atom. The van der Waals surface area contributed by atoms with E-state index in [4.69, 9.17) is 4.74 Å². The first-order valence-corrected chi connectivity index (χ1v) is 4.19. The molecule has 1 aromatic rings. The van der Waals surface area contributed by atoms with Gasteiger partial charge >= 0.3 is 6.18 Å². The van der Waals surface area contributed by atoms with E-state index in [0.29, 0.717) is 5.06 Å². The van der Waals surface area contributed by atoms with E-state index in [0.717, 1.165) is 0 Å². The summed E-state index contributed by atoms with van der Waals surface area (Å²) in [5.74, 6) is 0. The number of thiophene rings is 1. The fourth-order valence-electron chi connectivity index (χ4n) is 0.613. The summed E-state index contributed by atoms with van der Waals surface area (Å²) < 4.78 is 39.6. The van der Waals surface area contributed by atoms with E-state index < -0.39 is 12.6 Å². The zero-order chi connectivity index (χ0) is 9.03. The van der Waals surface area contributed by atoms with Crippen LogP contribution in [0, 0.1) is 0 Å². The third kappa shape index (κ3) is 3.61. The third-order valence-corrected chi connectivity index (χ3v) is 1.90. The molecule has 0 aliphatic rings. The third-order valence-electron chi connectivity index (χ3n) is 1.12. The summed E-state index contributed by atoms with van der Waals surface area (Å²) in [6, 6.07) is 3.37. The summed E-state index contributed by atoms with van der Waals surface area (Å²) in [4.78, 5) is 0. The highest BCUT2D eigenvalue weighted by atomic mass is 32.1. The van der Waals surface area contributed by atoms with Crippen LogP contribution in [-0.4, -0.2) is 12.8 Å². The van der Waals surface area contributed by atoms with Gasteiger partial charge in [0.05, 0.1) is 13.0 Å². The molecular weight excluding hydrogens is 189 g/mol. The smallest absolute Gasteiger partial charge is 0.392 e. The van der Waals surface area contributed by atoms with Crippen molar-refractivity contribution >= 4 is 11.3 Å². The maximum absolute atomic E-state index is 11.6. The molecule has 1 aromatic heterocycles. The van der Waals surface area contributed by atoms with Gasteiger partial charge in [0, 0.05) is 0 Å². The van der Waals surface area contributed by atoms with Gasteiger partial charge in [-0.25, -0.2) is 0 Å². The Morgan fingerprint density at radius 3 is 2.67 bits per heavy atom. The van der Waals surface area contributed by atoms with Crippen LogP contribution in [0.5, 0.6) is 5.06 Å². The van der Waals surface area contributed by atoms with Gasteiger partial charge in [-0.1, -0.05) is 0 Å². The molecule has 1 rings (SSSR count). The van der Waals surface area contributed by atoms with Crippen LogP contribution in [0.3, 0.4) is 0 Å². The number of halogens is 3. The van der Waals surface area contributed by atoms with Crippen molar-refractivity contribution < 1.29 is 17.9 Å². The molecule has 5 heteroatoms. The molecule has 12 heavy (non-hydrogen) atoms. The lowest BCUT2D eigenvalue weighted by molar-refractivity contribution is -0.139. The summed E-state index contributed by atoms with van der Waals surface area (Å²) in [5, 5.41) is 2.28. The summed E-state index contributed by atoms with van der Waals surface area (Å²) in [6.45, 7) is -0.302. The molecule has 0 fully saturated rings. The normalized spacial score (nSPS) is 11.6. The molecule has 0 saturated heterocycles. The first-order valence-electron chi connectivity index (χ1n) is 3.31. The number of hydrogen-bond donors (Lipinski definition) is 0. The van der Waals surface area contributed by atoms with Crippen LogP contribution >= 0.6 is 11.3 Å². The highest BCUT2D eigenvalue weighted by molar-refractivity contribution is 7.11. The molecule has 0 amide bonds. The molecule has 1 nitrogen and oxygen atoms in total. The molecule has 68 valence electrons. The van der Waals surface area contributed by atoms with Crippen molar-refractivity contribution in [2.45, 2.75) is 12.6 Å². The molecule has 0 radical (unpaired) electrons. The van der Waals surface area contributed by atoms with E-state index in [9.17, 15) is 13.2 Å². The minimum atomic E-state index is -4.13. The Hall–Kier alpha value is -0.710. The quantitative estimate of drug-likeness (QED) is 0.721. The number of rotatable bonds is 3. The minimum Gasteiger partial charge on any atom is -0.484 e. The van der Waals surface area contributed by atoms with Crippen molar-refractivity contribution in [1.82, 2.24) is 0 Å². The Balaban J connectivity index is 2.20. The Bertz CT molecular complexity index is 217. The van der Waals surface area contributed by atoms with Crippen molar-refractivity contribution in [2.75, 3.05) is 6.61 Å². The molecule has 0 N–H and O–H groups in total. The summed E-state index contributed by atoms with van der Waals surface area (Å²) in [7, 11) is 0. The van der Waals surface area contributed by atoms with Crippen molar-refractivity contribution in [3.63, 3.8) is 0 Å². The minimum absolute atomic E-state index is 0.302. The lowest BCUT2D eigenvalue weighted by Gasteiger charge is -2.05. The van der Waals surface area contributed by atoms with Crippen molar-refractivity contribution in [1.29, 1.82) is 0 Å². The number of hydrogen-bond acceptors (Lipinski definition) is 2. The summed E-state index contributed by atoms with van der Waals surface area (Å²) >= 11 is 1.28. The monoisotopic (exact) mass is 196 g/mol. The van der Waals surface area contributed by atoms with Crippen LogP contribution in [0.15, 0.2) is 17.5 Å². The van der Waals surface area contributed by atoms with Gasteiger partial charge in [-0.05, 0) is 17.5 Å². The summed E-state index contributed by atoms with van der Waals surface area (Å²) in [5.41, 5.74) is 0. The molecular formula is C7H7F3OS. The summed E-state index contributed by atoms with van der Waals surface area (Å²) in [6.07, 6.45) is -5.03. The van der Waals surface area contributed by atoms with E-state index in [2.05, 4.69) is 0 Å². The molecule has 0 aliphatic carbocycles. The maximum atomic E-state index is 11.6. The fraction of sp³-hybridized carbons (Fsp3) is 0.429. The zero-order valence-corrected chi connectivity index (χ0v) is 6.91. The topological polar surface area (TPSA) is 9.23 Å². The average molecular weight is 196 g/mol. The Morgan fingerprint density at radius 1 is 1.42 bits per heavy atom. The largest absolute Gasteiger partial charge is 0.484 e. The van der Waals surface area contributed by atoms with Crippen LogP contribution in [-0.2, 0) is 0 Å². The lowest BCUT2D eigenvalue weighted by atomic mass is 10.4. The molecule has 1 heterocycles. The van der Waals surface area contributed by atoms with Gasteiger partial charge < -0.3 is 4.74 Å². The highest BCUT2D eigenvalue weighted by Crippen LogP contribution is 2.22. The number of alkyl halides is 3. The van der Waals surface area contributed by atoms with E-state index in [1.54, 1.807) is 17.5 Å². The van der Waals surface area contributed by atoms with Gasteiger partial charge in [0.1, 0.15) is 0 Å². The highest BCUT2D eigenvalue weighted by Gasteiger charge is 2.26. The van der Waals surface area contributed by atoms with E-state index in [1.165, 1.54) is 11.3 Å². The fourth-order valence-corrected chi connectivity index (χ4v) is 1.21. The molecule has 0 unspecified atom stereocenters. The maximum Gasteiger partial charge on any atom is 0.392 e. The van der Waals surface area contributed by atoms with Crippen molar-refractivity contribution in [2.24, 2.45) is 0 Å². The molecule has 0 atom stereocenters. The molecule has 0 bridgehead atoms. The van der Waals surface area contributed by atoms with Gasteiger partial charge in [-0.2, -0.15) is 13.2 Å². The predicted octanol–water partition coefficient (Wildman–Crippen LogP) is 3.08. The van der Waals surface area contributed by atoms with Crippen molar-refractivity contribution in [3.8, 4) is 5.06 Å². The van der Waals surface area contributed by atoms with Crippen LogP contribution < -0.4 is 4.74 Å². The molecule has 0 aliphatic heterocycles. The van der Waals surface area contributed by atoms with Gasteiger partial charge in [-0.15, -0.1) is 11.3 Å². The van der Waals surface area contributed by atoms with Gasteiger partial charge in [0.25, 0.3) is 0 Å². The second-order valence-electron chi connectivity index (χ2n) is 2.15. The number of ether oxygens (including phenoxy) is 1. The Kier molecular flexibility index (Phi) is 2.97. The second kappa shape index (κ2) is 3.80. The van der Waals surface area contributed by atoms with Crippen LogP contribution in [0.25, 0.3) is 0 Å². The average Bonchev–Trinajstić information content (AvgIpc) is 2.36. The Labute approximate surface area is 71.8 Å². The van der Waals surface area contributed by atoms with Gasteiger partial charge in [-0.3, -0.25) is 0 Å². The van der Waals surface area contributed by atoms with E-state index in [1.807, 2.05) is 0 Å². The first-order chi connectivity index (χ1) is 5.58. The SMILES string of the molecule is FC(F)(F)CCOc1cccs1. The van der Waals surface area contributed by atoms with Crippen LogP contribution in [0.1, 0.15) is 6.42 Å². The second-order valence-corrected chi connectivity index (χ2v) is 3.06. The van der Waals surface area contributed by atoms with Gasteiger partial charge in [0.15, 0.2) is 5.06 Å². The van der Waals surface area contributed by atoms with Gasteiger partial charge in [0.2, 0.25) is 0 Å². The zero-order valence-electron chi connectivity index (χ0n) is 6.10. The van der Waals surface area contributed by atoms with Crippen LogP contribution in [0.2, 0.25) is 0 Å². The van der Waals surface area contributed by atoms with Crippen molar-refractivity contribution in [3.05, 3.63) is 17.5 Å². The van der Waals surface area contributed by atoms with E-state index >= 15 is 0 Å². The molecule has 0 spiro atoms.